The van der Waals surface area contributed by atoms with Gasteiger partial charge in [0, 0.05) is 23.9 Å². The fourth-order valence-corrected chi connectivity index (χ4v) is 2.22. The van der Waals surface area contributed by atoms with Gasteiger partial charge in [-0.2, -0.15) is 0 Å². The Bertz CT molecular complexity index is 304. The summed E-state index contributed by atoms with van der Waals surface area (Å²) in [6.07, 6.45) is 1.89. The maximum absolute atomic E-state index is 8.64. The molecular formula is C12H22N2OS. The van der Waals surface area contributed by atoms with Crippen LogP contribution in [0.15, 0.2) is 5.38 Å². The summed E-state index contributed by atoms with van der Waals surface area (Å²) in [7, 11) is 0. The normalized spacial score (nSPS) is 12.0. The lowest BCUT2D eigenvalue weighted by Gasteiger charge is -2.13. The second kappa shape index (κ2) is 6.33. The van der Waals surface area contributed by atoms with E-state index in [0.717, 1.165) is 31.6 Å². The summed E-state index contributed by atoms with van der Waals surface area (Å²) in [4.78, 5) is 4.61. The van der Waals surface area contributed by atoms with E-state index in [-0.39, 0.29) is 12.0 Å². The van der Waals surface area contributed by atoms with Crippen molar-refractivity contribution in [3.05, 3.63) is 16.1 Å². The van der Waals surface area contributed by atoms with Crippen LogP contribution in [0, 0.1) is 0 Å². The quantitative estimate of drug-likeness (QED) is 0.752. The standard InChI is InChI=1S/C12H22N2OS/c1-12(2,3)11-14-10(9-16-11)8-13-6-4-5-7-15/h9,13,15H,4-8H2,1-3H3. The van der Waals surface area contributed by atoms with Crippen molar-refractivity contribution in [1.29, 1.82) is 0 Å². The zero-order valence-electron chi connectivity index (χ0n) is 10.4. The Morgan fingerprint density at radius 3 is 2.69 bits per heavy atom. The van der Waals surface area contributed by atoms with Gasteiger partial charge in [-0.3, -0.25) is 0 Å². The molecule has 0 fully saturated rings. The van der Waals surface area contributed by atoms with E-state index in [4.69, 9.17) is 5.11 Å². The van der Waals surface area contributed by atoms with Gasteiger partial charge in [0.25, 0.3) is 0 Å². The first kappa shape index (κ1) is 13.6. The van der Waals surface area contributed by atoms with Crippen LogP contribution in [0.3, 0.4) is 0 Å². The fraction of sp³-hybridized carbons (Fsp3) is 0.750. The highest BCUT2D eigenvalue weighted by molar-refractivity contribution is 7.09. The van der Waals surface area contributed by atoms with Crippen molar-refractivity contribution >= 4 is 11.3 Å². The molecule has 0 saturated carbocycles. The topological polar surface area (TPSA) is 45.2 Å². The number of aliphatic hydroxyl groups excluding tert-OH is 1. The average molecular weight is 242 g/mol. The highest BCUT2D eigenvalue weighted by Crippen LogP contribution is 2.25. The van der Waals surface area contributed by atoms with Crippen LogP contribution in [0.5, 0.6) is 0 Å². The van der Waals surface area contributed by atoms with Crippen LogP contribution in [-0.2, 0) is 12.0 Å². The third-order valence-electron chi connectivity index (χ3n) is 2.26. The fourth-order valence-electron chi connectivity index (χ4n) is 1.31. The molecule has 3 nitrogen and oxygen atoms in total. The van der Waals surface area contributed by atoms with E-state index in [1.807, 2.05) is 0 Å². The molecule has 16 heavy (non-hydrogen) atoms. The molecular weight excluding hydrogens is 220 g/mol. The number of hydrogen-bond acceptors (Lipinski definition) is 4. The lowest BCUT2D eigenvalue weighted by Crippen LogP contribution is -2.16. The minimum absolute atomic E-state index is 0.153. The van der Waals surface area contributed by atoms with E-state index in [9.17, 15) is 0 Å². The van der Waals surface area contributed by atoms with Crippen molar-refractivity contribution in [1.82, 2.24) is 10.3 Å². The second-order valence-electron chi connectivity index (χ2n) is 5.00. The Labute approximate surface area is 102 Å². The summed E-state index contributed by atoms with van der Waals surface area (Å²) < 4.78 is 0. The first-order valence-electron chi connectivity index (χ1n) is 5.80. The zero-order chi connectivity index (χ0) is 12.0. The molecule has 0 radical (unpaired) electrons. The third-order valence-corrected chi connectivity index (χ3v) is 3.58. The molecule has 1 heterocycles. The van der Waals surface area contributed by atoms with Crippen LogP contribution in [0.4, 0.5) is 0 Å². The minimum atomic E-state index is 0.153. The predicted octanol–water partition coefficient (Wildman–Crippen LogP) is 2.30. The molecule has 0 aliphatic heterocycles. The van der Waals surface area contributed by atoms with Gasteiger partial charge in [0.05, 0.1) is 10.7 Å². The van der Waals surface area contributed by atoms with Crippen molar-refractivity contribution in [2.75, 3.05) is 13.2 Å². The first-order chi connectivity index (χ1) is 7.54. The minimum Gasteiger partial charge on any atom is -0.396 e. The summed E-state index contributed by atoms with van der Waals surface area (Å²) in [6.45, 7) is 8.62. The molecule has 1 aromatic heterocycles. The Kier molecular flexibility index (Phi) is 5.38. The number of nitrogens with zero attached hydrogens (tertiary/aromatic N) is 1. The molecule has 0 aliphatic rings. The van der Waals surface area contributed by atoms with Gasteiger partial charge >= 0.3 is 0 Å². The highest BCUT2D eigenvalue weighted by Gasteiger charge is 2.17. The monoisotopic (exact) mass is 242 g/mol. The molecule has 1 aromatic rings. The van der Waals surface area contributed by atoms with Gasteiger partial charge in [0.15, 0.2) is 0 Å². The van der Waals surface area contributed by atoms with Gasteiger partial charge in [0.2, 0.25) is 0 Å². The van der Waals surface area contributed by atoms with Crippen molar-refractivity contribution in [3.63, 3.8) is 0 Å². The van der Waals surface area contributed by atoms with E-state index in [0.29, 0.717) is 0 Å². The number of rotatable bonds is 6. The Morgan fingerprint density at radius 2 is 2.12 bits per heavy atom. The smallest absolute Gasteiger partial charge is 0.0982 e. The van der Waals surface area contributed by atoms with Crippen molar-refractivity contribution in [3.8, 4) is 0 Å². The Morgan fingerprint density at radius 1 is 1.38 bits per heavy atom. The maximum Gasteiger partial charge on any atom is 0.0982 e. The van der Waals surface area contributed by atoms with E-state index < -0.39 is 0 Å². The van der Waals surface area contributed by atoms with E-state index >= 15 is 0 Å². The number of aromatic nitrogens is 1. The van der Waals surface area contributed by atoms with Gasteiger partial charge in [-0.25, -0.2) is 4.98 Å². The van der Waals surface area contributed by atoms with Crippen LogP contribution in [0.2, 0.25) is 0 Å². The average Bonchev–Trinajstić information content (AvgIpc) is 2.65. The summed E-state index contributed by atoms with van der Waals surface area (Å²) >= 11 is 1.73. The molecule has 0 amide bonds. The molecule has 0 bridgehead atoms. The van der Waals surface area contributed by atoms with E-state index in [2.05, 4.69) is 36.5 Å². The summed E-state index contributed by atoms with van der Waals surface area (Å²) in [6, 6.07) is 0. The summed E-state index contributed by atoms with van der Waals surface area (Å²) in [5.41, 5.74) is 1.28. The van der Waals surface area contributed by atoms with Gasteiger partial charge in [0.1, 0.15) is 0 Å². The SMILES string of the molecule is CC(C)(C)c1nc(CNCCCCO)cs1. The highest BCUT2D eigenvalue weighted by atomic mass is 32.1. The summed E-state index contributed by atoms with van der Waals surface area (Å²) in [5.74, 6) is 0. The van der Waals surface area contributed by atoms with Gasteiger partial charge in [-0.1, -0.05) is 20.8 Å². The molecule has 0 spiro atoms. The molecule has 0 aliphatic carbocycles. The van der Waals surface area contributed by atoms with Crippen LogP contribution < -0.4 is 5.32 Å². The van der Waals surface area contributed by atoms with Crippen LogP contribution in [0.25, 0.3) is 0 Å². The number of unbranched alkanes of at least 4 members (excludes halogenated alkanes) is 1. The Balaban J connectivity index is 2.30. The molecule has 92 valence electrons. The van der Waals surface area contributed by atoms with Gasteiger partial charge in [-0.05, 0) is 19.4 Å². The number of thiazole rings is 1. The molecule has 4 heteroatoms. The molecule has 2 N–H and O–H groups in total. The molecule has 0 unspecified atom stereocenters. The third kappa shape index (κ3) is 4.60. The van der Waals surface area contributed by atoms with E-state index in [1.54, 1.807) is 11.3 Å². The molecule has 0 saturated heterocycles. The lowest BCUT2D eigenvalue weighted by atomic mass is 9.98. The van der Waals surface area contributed by atoms with Gasteiger partial charge < -0.3 is 10.4 Å². The predicted molar refractivity (Wildman–Crippen MR) is 68.8 cm³/mol. The molecule has 1 rings (SSSR count). The first-order valence-corrected chi connectivity index (χ1v) is 6.68. The van der Waals surface area contributed by atoms with Crippen molar-refractivity contribution < 1.29 is 5.11 Å². The van der Waals surface area contributed by atoms with Gasteiger partial charge in [-0.15, -0.1) is 11.3 Å². The van der Waals surface area contributed by atoms with Crippen LogP contribution >= 0.6 is 11.3 Å². The van der Waals surface area contributed by atoms with Crippen LogP contribution in [-0.4, -0.2) is 23.2 Å². The number of nitrogens with one attached hydrogen (secondary N) is 1. The van der Waals surface area contributed by atoms with E-state index in [1.165, 1.54) is 5.01 Å². The molecule has 0 aromatic carbocycles. The van der Waals surface area contributed by atoms with Crippen molar-refractivity contribution in [2.45, 2.75) is 45.6 Å². The largest absolute Gasteiger partial charge is 0.396 e. The number of aliphatic hydroxyl groups is 1. The Hall–Kier alpha value is -0.450. The van der Waals surface area contributed by atoms with Crippen molar-refractivity contribution in [2.24, 2.45) is 0 Å². The second-order valence-corrected chi connectivity index (χ2v) is 5.86. The number of hydrogen-bond donors (Lipinski definition) is 2. The molecule has 0 atom stereocenters. The maximum atomic E-state index is 8.64. The lowest BCUT2D eigenvalue weighted by molar-refractivity contribution is 0.283. The zero-order valence-corrected chi connectivity index (χ0v) is 11.2. The van der Waals surface area contributed by atoms with Crippen LogP contribution in [0.1, 0.15) is 44.3 Å². The summed E-state index contributed by atoms with van der Waals surface area (Å²) in [5, 5.41) is 15.3.